The van der Waals surface area contributed by atoms with Gasteiger partial charge in [0.1, 0.15) is 0 Å². The van der Waals surface area contributed by atoms with Gasteiger partial charge in [-0.15, -0.1) is 0 Å². The van der Waals surface area contributed by atoms with E-state index in [-0.39, 0.29) is 18.0 Å². The van der Waals surface area contributed by atoms with E-state index in [1.807, 2.05) is 13.8 Å². The molecule has 0 amide bonds. The number of hydrogen-bond donors (Lipinski definition) is 0. The predicted octanol–water partition coefficient (Wildman–Crippen LogP) is 3.55. The predicted molar refractivity (Wildman–Crippen MR) is 62.5 cm³/mol. The van der Waals surface area contributed by atoms with Crippen molar-refractivity contribution in [1.82, 2.24) is 0 Å². The van der Waals surface area contributed by atoms with Gasteiger partial charge in [0.2, 0.25) is 0 Å². The van der Waals surface area contributed by atoms with Gasteiger partial charge in [0.05, 0.1) is 15.6 Å². The molecule has 1 aliphatic heterocycles. The molecule has 3 atom stereocenters. The third-order valence-corrected chi connectivity index (χ3v) is 3.25. The lowest BCUT2D eigenvalue weighted by Gasteiger charge is -2.19. The van der Waals surface area contributed by atoms with Crippen LogP contribution in [0.1, 0.15) is 26.7 Å². The molecular formula is C10H14Br2O2. The number of ether oxygens (including phenoxy) is 2. The Morgan fingerprint density at radius 1 is 1.21 bits per heavy atom. The van der Waals surface area contributed by atoms with Crippen molar-refractivity contribution >= 4 is 31.9 Å². The molecule has 1 saturated heterocycles. The quantitative estimate of drug-likeness (QED) is 0.734. The number of allylic oxidation sites excluding steroid dienone is 1. The largest absolute Gasteiger partial charge is 0.345 e. The van der Waals surface area contributed by atoms with E-state index in [0.717, 1.165) is 16.2 Å². The molecule has 0 spiro atoms. The lowest BCUT2D eigenvalue weighted by atomic mass is 10.1. The Kier molecular flexibility index (Phi) is 3.09. The third-order valence-electron chi connectivity index (χ3n) is 2.72. The van der Waals surface area contributed by atoms with Crippen LogP contribution in [0, 0.1) is 5.92 Å². The number of halogens is 2. The summed E-state index contributed by atoms with van der Waals surface area (Å²) in [6.07, 6.45) is 4.87. The second-order valence-electron chi connectivity index (χ2n) is 4.40. The van der Waals surface area contributed by atoms with Crippen LogP contribution in [0.2, 0.25) is 0 Å². The SMILES string of the molecule is CC1(C)O[C@H]2C[C@H](C=C(Br)Br)C[C@H]2O1. The van der Waals surface area contributed by atoms with Crippen molar-refractivity contribution in [3.05, 3.63) is 9.47 Å². The van der Waals surface area contributed by atoms with E-state index in [1.165, 1.54) is 0 Å². The van der Waals surface area contributed by atoms with Crippen LogP contribution in [0.4, 0.5) is 0 Å². The van der Waals surface area contributed by atoms with E-state index in [9.17, 15) is 0 Å². The summed E-state index contributed by atoms with van der Waals surface area (Å²) in [5.74, 6) is 0.185. The Hall–Kier alpha value is 0.620. The maximum absolute atomic E-state index is 5.80. The van der Waals surface area contributed by atoms with Crippen LogP contribution in [0.3, 0.4) is 0 Å². The Morgan fingerprint density at radius 3 is 2.14 bits per heavy atom. The van der Waals surface area contributed by atoms with E-state index in [1.54, 1.807) is 0 Å². The molecule has 1 heterocycles. The normalized spacial score (nSPS) is 39.6. The zero-order chi connectivity index (χ0) is 10.3. The van der Waals surface area contributed by atoms with Crippen molar-refractivity contribution in [2.24, 2.45) is 5.92 Å². The molecule has 80 valence electrons. The molecule has 0 bridgehead atoms. The summed E-state index contributed by atoms with van der Waals surface area (Å²) in [5, 5.41) is 0. The molecule has 2 aliphatic rings. The smallest absolute Gasteiger partial charge is 0.163 e. The number of fused-ring (bicyclic) bond motifs is 1. The molecular weight excluding hydrogens is 312 g/mol. The third kappa shape index (κ3) is 2.40. The zero-order valence-electron chi connectivity index (χ0n) is 8.30. The van der Waals surface area contributed by atoms with Gasteiger partial charge >= 0.3 is 0 Å². The summed E-state index contributed by atoms with van der Waals surface area (Å²) in [7, 11) is 0. The van der Waals surface area contributed by atoms with Gasteiger partial charge in [-0.25, -0.2) is 0 Å². The molecule has 0 aromatic rings. The lowest BCUT2D eigenvalue weighted by Crippen LogP contribution is -2.22. The fraction of sp³-hybridized carbons (Fsp3) is 0.800. The highest BCUT2D eigenvalue weighted by molar-refractivity contribution is 9.28. The van der Waals surface area contributed by atoms with Gasteiger partial charge in [-0.1, -0.05) is 6.08 Å². The highest BCUT2D eigenvalue weighted by Crippen LogP contribution is 2.42. The fourth-order valence-corrected chi connectivity index (χ4v) is 3.06. The maximum Gasteiger partial charge on any atom is 0.163 e. The van der Waals surface area contributed by atoms with E-state index in [2.05, 4.69) is 37.9 Å². The summed E-state index contributed by atoms with van der Waals surface area (Å²) in [4.78, 5) is 0. The summed E-state index contributed by atoms with van der Waals surface area (Å²) in [5.41, 5.74) is 0. The molecule has 0 radical (unpaired) electrons. The topological polar surface area (TPSA) is 18.5 Å². The molecule has 1 saturated carbocycles. The molecule has 2 nitrogen and oxygen atoms in total. The standard InChI is InChI=1S/C10H14Br2O2/c1-10(2)13-7-3-6(5-9(11)12)4-8(7)14-10/h5-8H,3-4H2,1-2H3/t6-,7-,8+. The average Bonchev–Trinajstić information content (AvgIpc) is 2.38. The summed E-state index contributed by atoms with van der Waals surface area (Å²) in [6, 6.07) is 0. The first kappa shape index (κ1) is 11.1. The van der Waals surface area contributed by atoms with Crippen LogP contribution in [-0.2, 0) is 9.47 Å². The summed E-state index contributed by atoms with van der Waals surface area (Å²) >= 11 is 6.77. The van der Waals surface area contributed by atoms with E-state index in [0.29, 0.717) is 5.92 Å². The van der Waals surface area contributed by atoms with Crippen molar-refractivity contribution < 1.29 is 9.47 Å². The van der Waals surface area contributed by atoms with Crippen molar-refractivity contribution in [1.29, 1.82) is 0 Å². The first-order valence-corrected chi connectivity index (χ1v) is 6.43. The van der Waals surface area contributed by atoms with Crippen molar-refractivity contribution in [2.75, 3.05) is 0 Å². The minimum absolute atomic E-state index is 0.283. The molecule has 2 fully saturated rings. The van der Waals surface area contributed by atoms with Crippen LogP contribution >= 0.6 is 31.9 Å². The van der Waals surface area contributed by atoms with E-state index >= 15 is 0 Å². The Bertz CT molecular complexity index is 243. The van der Waals surface area contributed by atoms with E-state index < -0.39 is 0 Å². The van der Waals surface area contributed by atoms with Crippen LogP contribution < -0.4 is 0 Å². The molecule has 0 unspecified atom stereocenters. The van der Waals surface area contributed by atoms with Crippen molar-refractivity contribution in [3.63, 3.8) is 0 Å². The highest BCUT2D eigenvalue weighted by atomic mass is 79.9. The second-order valence-corrected chi connectivity index (χ2v) is 7.17. The van der Waals surface area contributed by atoms with Gasteiger partial charge < -0.3 is 9.47 Å². The summed E-state index contributed by atoms with van der Waals surface area (Å²) < 4.78 is 12.6. The van der Waals surface area contributed by atoms with Gasteiger partial charge in [-0.05, 0) is 64.5 Å². The fourth-order valence-electron chi connectivity index (χ4n) is 2.32. The minimum Gasteiger partial charge on any atom is -0.345 e. The molecule has 2 rings (SSSR count). The van der Waals surface area contributed by atoms with E-state index in [4.69, 9.17) is 9.47 Å². The van der Waals surface area contributed by atoms with Crippen LogP contribution in [-0.4, -0.2) is 18.0 Å². The second kappa shape index (κ2) is 3.89. The Morgan fingerprint density at radius 2 is 1.71 bits per heavy atom. The maximum atomic E-state index is 5.80. The molecule has 4 heteroatoms. The average molecular weight is 326 g/mol. The number of rotatable bonds is 1. The Labute approximate surface area is 101 Å². The molecule has 14 heavy (non-hydrogen) atoms. The molecule has 0 aromatic carbocycles. The first-order valence-electron chi connectivity index (χ1n) is 4.85. The van der Waals surface area contributed by atoms with Gasteiger partial charge in [-0.2, -0.15) is 0 Å². The monoisotopic (exact) mass is 324 g/mol. The number of hydrogen-bond acceptors (Lipinski definition) is 2. The van der Waals surface area contributed by atoms with Crippen LogP contribution in [0.15, 0.2) is 9.47 Å². The molecule has 0 N–H and O–H groups in total. The van der Waals surface area contributed by atoms with Crippen LogP contribution in [0.5, 0.6) is 0 Å². The van der Waals surface area contributed by atoms with Crippen LogP contribution in [0.25, 0.3) is 0 Å². The minimum atomic E-state index is -0.379. The molecule has 0 aromatic heterocycles. The van der Waals surface area contributed by atoms with Crippen molar-refractivity contribution in [2.45, 2.75) is 44.7 Å². The van der Waals surface area contributed by atoms with Gasteiger partial charge in [0.25, 0.3) is 0 Å². The summed E-state index contributed by atoms with van der Waals surface area (Å²) in [6.45, 7) is 3.97. The van der Waals surface area contributed by atoms with Gasteiger partial charge in [0.15, 0.2) is 5.79 Å². The van der Waals surface area contributed by atoms with Crippen molar-refractivity contribution in [3.8, 4) is 0 Å². The molecule has 1 aliphatic carbocycles. The Balaban J connectivity index is 1.97. The zero-order valence-corrected chi connectivity index (χ0v) is 11.5. The van der Waals surface area contributed by atoms with Gasteiger partial charge in [0, 0.05) is 0 Å². The highest BCUT2D eigenvalue weighted by Gasteiger charge is 2.46. The van der Waals surface area contributed by atoms with Gasteiger partial charge in [-0.3, -0.25) is 0 Å². The lowest BCUT2D eigenvalue weighted by molar-refractivity contribution is -0.152. The first-order chi connectivity index (χ1) is 6.46.